The van der Waals surface area contributed by atoms with Crippen molar-refractivity contribution in [2.24, 2.45) is 5.73 Å². The Hall–Kier alpha value is -6.55. The van der Waals surface area contributed by atoms with Crippen molar-refractivity contribution in [3.05, 3.63) is 101 Å². The van der Waals surface area contributed by atoms with Gasteiger partial charge in [0, 0.05) is 17.6 Å². The van der Waals surface area contributed by atoms with Gasteiger partial charge < -0.3 is 35.5 Å². The second kappa shape index (κ2) is 16.7. The predicted molar refractivity (Wildman–Crippen MR) is 184 cm³/mol. The van der Waals surface area contributed by atoms with E-state index in [1.54, 1.807) is 74.3 Å². The molecule has 0 saturated heterocycles. The van der Waals surface area contributed by atoms with Crippen LogP contribution in [0.25, 0.3) is 16.6 Å². The molecule has 3 aromatic heterocycles. The number of pyridine rings is 2. The van der Waals surface area contributed by atoms with Crippen LogP contribution in [0.4, 0.5) is 5.82 Å². The number of nitrogens with zero attached hydrogens (tertiary/aromatic N) is 4. The predicted octanol–water partition coefficient (Wildman–Crippen LogP) is 3.77. The molecule has 266 valence electrons. The van der Waals surface area contributed by atoms with Crippen molar-refractivity contribution in [2.75, 3.05) is 12.4 Å². The van der Waals surface area contributed by atoms with E-state index in [9.17, 15) is 24.0 Å². The molecule has 0 aliphatic rings. The Balaban J connectivity index is 0.000000755. The molecule has 0 radical (unpaired) electrons. The van der Waals surface area contributed by atoms with Crippen molar-refractivity contribution in [1.82, 2.24) is 19.3 Å². The number of hydrogen-bond acceptors (Lipinski definition) is 11. The summed E-state index contributed by atoms with van der Waals surface area (Å²) in [5, 5.41) is 18.9. The lowest BCUT2D eigenvalue weighted by Gasteiger charge is -2.19. The van der Waals surface area contributed by atoms with Gasteiger partial charge in [0.15, 0.2) is 0 Å². The van der Waals surface area contributed by atoms with Crippen LogP contribution in [0.1, 0.15) is 36.3 Å². The van der Waals surface area contributed by atoms with Crippen molar-refractivity contribution in [3.8, 4) is 22.9 Å². The molecule has 0 bridgehead atoms. The molecule has 5 rings (SSSR count). The number of rotatable bonds is 12. The zero-order valence-electron chi connectivity index (χ0n) is 28.1. The minimum absolute atomic E-state index is 0.0691. The van der Waals surface area contributed by atoms with Gasteiger partial charge in [-0.1, -0.05) is 18.2 Å². The first-order valence-corrected chi connectivity index (χ1v) is 15.4. The van der Waals surface area contributed by atoms with E-state index in [1.807, 2.05) is 24.3 Å². The number of esters is 1. The topological polar surface area (TPSA) is 227 Å². The highest BCUT2D eigenvalue weighted by Gasteiger charge is 2.26. The Kier molecular flexibility index (Phi) is 12.2. The fraction of sp³-hybridized carbons (Fsp3) is 0.229. The number of methoxy groups -OCH3 is 1. The maximum Gasteiger partial charge on any atom is 0.322 e. The van der Waals surface area contributed by atoms with Crippen molar-refractivity contribution in [3.63, 3.8) is 0 Å². The highest BCUT2D eigenvalue weighted by molar-refractivity contribution is 6.04. The molecule has 16 heteroatoms. The van der Waals surface area contributed by atoms with Gasteiger partial charge in [-0.15, -0.1) is 0 Å². The van der Waals surface area contributed by atoms with Crippen LogP contribution in [0.3, 0.4) is 0 Å². The molecule has 51 heavy (non-hydrogen) atoms. The van der Waals surface area contributed by atoms with Crippen molar-refractivity contribution in [1.29, 1.82) is 0 Å². The normalized spacial score (nSPS) is 11.8. The monoisotopic (exact) mass is 700 g/mol. The van der Waals surface area contributed by atoms with Crippen LogP contribution >= 0.6 is 0 Å². The third kappa shape index (κ3) is 9.54. The number of fused-ring (bicyclic) bond motifs is 1. The van der Waals surface area contributed by atoms with Crippen LogP contribution in [0.5, 0.6) is 17.2 Å². The summed E-state index contributed by atoms with van der Waals surface area (Å²) in [5.74, 6) is -1.89. The largest absolute Gasteiger partial charge is 0.497 e. The van der Waals surface area contributed by atoms with Crippen LogP contribution in [-0.2, 0) is 25.7 Å². The summed E-state index contributed by atoms with van der Waals surface area (Å²) in [4.78, 5) is 66.7. The molecule has 1 amide bonds. The number of benzene rings is 2. The maximum atomic E-state index is 13.7. The lowest BCUT2D eigenvalue weighted by molar-refractivity contribution is -0.150. The number of carbonyl (C=O) groups excluding carboxylic acids is 2. The van der Waals surface area contributed by atoms with Crippen molar-refractivity contribution in [2.45, 2.75) is 45.9 Å². The Morgan fingerprint density at radius 1 is 0.941 bits per heavy atom. The van der Waals surface area contributed by atoms with E-state index >= 15 is 0 Å². The highest BCUT2D eigenvalue weighted by atomic mass is 16.5. The number of carbonyl (C=O) groups is 4. The van der Waals surface area contributed by atoms with E-state index in [2.05, 4.69) is 15.3 Å². The van der Waals surface area contributed by atoms with E-state index in [0.717, 1.165) is 5.39 Å². The van der Waals surface area contributed by atoms with Gasteiger partial charge in [-0.25, -0.2) is 9.67 Å². The first kappa shape index (κ1) is 37.3. The molecule has 16 nitrogen and oxygen atoms in total. The van der Waals surface area contributed by atoms with Gasteiger partial charge in [0.2, 0.25) is 0 Å². The molecule has 0 aliphatic heterocycles. The van der Waals surface area contributed by atoms with Gasteiger partial charge >= 0.3 is 17.9 Å². The van der Waals surface area contributed by atoms with E-state index in [4.69, 9.17) is 30.2 Å². The third-order valence-corrected chi connectivity index (χ3v) is 7.16. The van der Waals surface area contributed by atoms with E-state index in [1.165, 1.54) is 17.8 Å². The summed E-state index contributed by atoms with van der Waals surface area (Å²) in [5.41, 5.74) is 6.69. The van der Waals surface area contributed by atoms with Crippen LogP contribution < -0.4 is 26.1 Å². The molecule has 5 aromatic rings. The smallest absolute Gasteiger partial charge is 0.322 e. The number of carboxylic acid groups (broad SMARTS) is 2. The second-order valence-corrected chi connectivity index (χ2v) is 11.1. The number of nitrogens with two attached hydrogens (primary N) is 1. The summed E-state index contributed by atoms with van der Waals surface area (Å²) < 4.78 is 19.7. The van der Waals surface area contributed by atoms with Crippen molar-refractivity contribution >= 4 is 40.5 Å². The van der Waals surface area contributed by atoms with Crippen LogP contribution in [0, 0.1) is 6.92 Å². The van der Waals surface area contributed by atoms with Crippen molar-refractivity contribution < 1.29 is 43.6 Å². The number of hydrogen-bond donors (Lipinski definition) is 4. The lowest BCUT2D eigenvalue weighted by Crippen LogP contribution is -2.34. The molecule has 0 saturated carbocycles. The molecule has 5 N–H and O–H groups in total. The number of carboxylic acids is 2. The van der Waals surface area contributed by atoms with E-state index in [-0.39, 0.29) is 17.9 Å². The number of nitrogens with one attached hydrogen (secondary N) is 1. The summed E-state index contributed by atoms with van der Waals surface area (Å²) in [6.45, 7) is 5.00. The van der Waals surface area contributed by atoms with Crippen LogP contribution in [0.15, 0.2) is 83.9 Å². The molecule has 0 fully saturated rings. The molecule has 0 unspecified atom stereocenters. The number of para-hydroxylation sites is 1. The fourth-order valence-corrected chi connectivity index (χ4v) is 4.81. The molecular formula is C35H36N6O10. The third-order valence-electron chi connectivity index (χ3n) is 7.16. The average Bonchev–Trinajstić information content (AvgIpc) is 3.33. The zero-order chi connectivity index (χ0) is 37.2. The fourth-order valence-electron chi connectivity index (χ4n) is 4.81. The lowest BCUT2D eigenvalue weighted by atomic mass is 10.2. The van der Waals surface area contributed by atoms with Crippen LogP contribution in [0.2, 0.25) is 0 Å². The highest BCUT2D eigenvalue weighted by Crippen LogP contribution is 2.31. The zero-order valence-corrected chi connectivity index (χ0v) is 28.1. The second-order valence-electron chi connectivity index (χ2n) is 11.1. The van der Waals surface area contributed by atoms with Gasteiger partial charge in [0.1, 0.15) is 47.2 Å². The minimum atomic E-state index is -1.31. The molecule has 0 aliphatic carbocycles. The standard InChI is InChI=1S/C32H32N6O6.C3H4O4/c1-19(43-32(41)20(2)33)18-37-21(3)29(31(40)38(37)22-8-6-5-7-9-22)30(39)36-28-13-11-24(17-35-28)44-27-14-15-34-26-16-23(42-4)10-12-25(26)27;4-2(5)1-3(6)7/h5-17,19-20H,18,33H2,1-4H3,(H,35,36,39);1H2,(H,4,5)(H,6,7)/t19-,20+;/m1./s1. The van der Waals surface area contributed by atoms with E-state index < -0.39 is 47.9 Å². The Morgan fingerprint density at radius 2 is 1.63 bits per heavy atom. The van der Waals surface area contributed by atoms with Gasteiger partial charge in [0.25, 0.3) is 11.5 Å². The Bertz CT molecular complexity index is 2080. The molecular weight excluding hydrogens is 664 g/mol. The Morgan fingerprint density at radius 3 is 2.22 bits per heavy atom. The molecule has 2 atom stereocenters. The number of aromatic nitrogens is 4. The number of aliphatic carboxylic acids is 2. The minimum Gasteiger partial charge on any atom is -0.497 e. The summed E-state index contributed by atoms with van der Waals surface area (Å²) >= 11 is 0. The SMILES string of the molecule is COc1ccc2c(Oc3ccc(NC(=O)c4c(C)n(C[C@@H](C)OC(=O)[C@H](C)N)n(-c5ccccc5)c4=O)nc3)ccnc2c1.O=C(O)CC(=O)O. The van der Waals surface area contributed by atoms with Crippen LogP contribution in [-0.4, -0.2) is 72.6 Å². The summed E-state index contributed by atoms with van der Waals surface area (Å²) in [6, 6.07) is 18.6. The number of amides is 1. The molecule has 2 aromatic carbocycles. The summed E-state index contributed by atoms with van der Waals surface area (Å²) in [7, 11) is 1.59. The van der Waals surface area contributed by atoms with E-state index in [0.29, 0.717) is 34.1 Å². The average molecular weight is 701 g/mol. The number of anilines is 1. The Labute approximate surface area is 291 Å². The molecule has 3 heterocycles. The quantitative estimate of drug-likeness (QED) is 0.107. The van der Waals surface area contributed by atoms with Gasteiger partial charge in [-0.3, -0.25) is 33.6 Å². The first-order chi connectivity index (χ1) is 24.3. The number of ether oxygens (including phenoxy) is 3. The first-order valence-electron chi connectivity index (χ1n) is 15.4. The maximum absolute atomic E-state index is 13.7. The van der Waals surface area contributed by atoms with Gasteiger partial charge in [-0.2, -0.15) is 0 Å². The van der Waals surface area contributed by atoms with Gasteiger partial charge in [-0.05, 0) is 63.2 Å². The molecule has 0 spiro atoms. The summed E-state index contributed by atoms with van der Waals surface area (Å²) in [6.07, 6.45) is 1.68. The van der Waals surface area contributed by atoms with Gasteiger partial charge in [0.05, 0.1) is 36.7 Å².